The van der Waals surface area contributed by atoms with E-state index >= 15 is 0 Å². The number of halogens is 2. The number of rotatable bonds is 2. The lowest BCUT2D eigenvalue weighted by atomic mass is 10.1. The van der Waals surface area contributed by atoms with Crippen LogP contribution in [-0.4, -0.2) is 0 Å². The fourth-order valence-corrected chi connectivity index (χ4v) is 2.22. The summed E-state index contributed by atoms with van der Waals surface area (Å²) in [5.74, 6) is 0.146. The first kappa shape index (κ1) is 12.2. The molecule has 0 fully saturated rings. The third kappa shape index (κ3) is 2.23. The molecule has 0 aliphatic carbocycles. The topological polar surface area (TPSA) is 39.2 Å². The second-order valence-corrected chi connectivity index (χ2v) is 4.75. The minimum absolute atomic E-state index is 0.331. The van der Waals surface area contributed by atoms with E-state index in [1.165, 1.54) is 6.07 Å². The smallest absolute Gasteiger partial charge is 0.138 e. The Hall–Kier alpha value is -1.84. The second-order valence-electron chi connectivity index (χ2n) is 4.31. The zero-order valence-electron chi connectivity index (χ0n) is 9.99. The van der Waals surface area contributed by atoms with E-state index in [1.807, 2.05) is 0 Å². The maximum Gasteiger partial charge on any atom is 0.138 e. The van der Waals surface area contributed by atoms with Crippen molar-refractivity contribution >= 4 is 22.6 Å². The Morgan fingerprint density at radius 2 is 1.95 bits per heavy atom. The van der Waals surface area contributed by atoms with Gasteiger partial charge in [-0.2, -0.15) is 0 Å². The van der Waals surface area contributed by atoms with Crippen LogP contribution in [0.5, 0.6) is 0 Å². The van der Waals surface area contributed by atoms with E-state index in [1.54, 1.807) is 36.4 Å². The highest BCUT2D eigenvalue weighted by Gasteiger charge is 2.11. The van der Waals surface area contributed by atoms with Gasteiger partial charge in [0.25, 0.3) is 0 Å². The lowest BCUT2D eigenvalue weighted by Crippen LogP contribution is -1.97. The number of hydrogen-bond donors (Lipinski definition) is 1. The summed E-state index contributed by atoms with van der Waals surface area (Å²) in [6, 6.07) is 11.8. The standard InChI is InChI=1S/C15H11ClFNO/c16-11-2-4-14-10(6-11)7-15(19-14)12-5-9(8-18)1-3-13(12)17/h1-7H,8,18H2. The van der Waals surface area contributed by atoms with Gasteiger partial charge >= 0.3 is 0 Å². The van der Waals surface area contributed by atoms with Crippen molar-refractivity contribution in [2.24, 2.45) is 5.73 Å². The predicted octanol–water partition coefficient (Wildman–Crippen LogP) is 4.35. The maximum absolute atomic E-state index is 13.9. The molecule has 1 aromatic heterocycles. The third-order valence-electron chi connectivity index (χ3n) is 3.01. The van der Waals surface area contributed by atoms with Crippen molar-refractivity contribution in [2.45, 2.75) is 6.54 Å². The first-order chi connectivity index (χ1) is 9.17. The Balaban J connectivity index is 2.18. The molecule has 0 atom stereocenters. The van der Waals surface area contributed by atoms with Crippen molar-refractivity contribution in [3.8, 4) is 11.3 Å². The van der Waals surface area contributed by atoms with E-state index in [-0.39, 0.29) is 5.82 Å². The Bertz CT molecular complexity index is 751. The van der Waals surface area contributed by atoms with Gasteiger partial charge in [0.1, 0.15) is 17.2 Å². The quantitative estimate of drug-likeness (QED) is 0.755. The van der Waals surface area contributed by atoms with Gasteiger partial charge in [-0.15, -0.1) is 0 Å². The summed E-state index contributed by atoms with van der Waals surface area (Å²) < 4.78 is 19.5. The average Bonchev–Trinajstić information content (AvgIpc) is 2.82. The summed E-state index contributed by atoms with van der Waals surface area (Å²) in [6.07, 6.45) is 0. The molecule has 0 spiro atoms. The molecular weight excluding hydrogens is 265 g/mol. The molecule has 19 heavy (non-hydrogen) atoms. The highest BCUT2D eigenvalue weighted by molar-refractivity contribution is 6.31. The average molecular weight is 276 g/mol. The van der Waals surface area contributed by atoms with Crippen molar-refractivity contribution in [1.29, 1.82) is 0 Å². The van der Waals surface area contributed by atoms with Crippen molar-refractivity contribution in [3.63, 3.8) is 0 Å². The van der Waals surface area contributed by atoms with Gasteiger partial charge in [0.05, 0.1) is 5.56 Å². The van der Waals surface area contributed by atoms with Crippen LogP contribution in [0.3, 0.4) is 0 Å². The van der Waals surface area contributed by atoms with Crippen LogP contribution >= 0.6 is 11.6 Å². The van der Waals surface area contributed by atoms with Crippen LogP contribution in [-0.2, 0) is 6.54 Å². The van der Waals surface area contributed by atoms with Crippen LogP contribution in [0.15, 0.2) is 46.9 Å². The van der Waals surface area contributed by atoms with E-state index in [9.17, 15) is 4.39 Å². The monoisotopic (exact) mass is 275 g/mol. The van der Waals surface area contributed by atoms with Gasteiger partial charge in [-0.25, -0.2) is 4.39 Å². The molecule has 96 valence electrons. The summed E-state index contributed by atoms with van der Waals surface area (Å²) >= 11 is 5.92. The number of furan rings is 1. The van der Waals surface area contributed by atoms with Crippen molar-refractivity contribution in [3.05, 3.63) is 58.9 Å². The number of hydrogen-bond acceptors (Lipinski definition) is 2. The lowest BCUT2D eigenvalue weighted by molar-refractivity contribution is 0.601. The van der Waals surface area contributed by atoms with Crippen LogP contribution in [0.2, 0.25) is 5.02 Å². The minimum atomic E-state index is -0.331. The molecule has 0 saturated heterocycles. The SMILES string of the molecule is NCc1ccc(F)c(-c2cc3cc(Cl)ccc3o2)c1. The predicted molar refractivity (Wildman–Crippen MR) is 74.5 cm³/mol. The summed E-state index contributed by atoms with van der Waals surface area (Å²) in [4.78, 5) is 0. The van der Waals surface area contributed by atoms with Gasteiger partial charge in [0.2, 0.25) is 0 Å². The summed E-state index contributed by atoms with van der Waals surface area (Å²) in [7, 11) is 0. The largest absolute Gasteiger partial charge is 0.456 e. The Morgan fingerprint density at radius 1 is 1.11 bits per heavy atom. The highest BCUT2D eigenvalue weighted by atomic mass is 35.5. The zero-order valence-corrected chi connectivity index (χ0v) is 10.7. The molecule has 3 rings (SSSR count). The molecule has 0 amide bonds. The second kappa shape index (κ2) is 4.68. The third-order valence-corrected chi connectivity index (χ3v) is 3.25. The van der Waals surface area contributed by atoms with E-state index in [2.05, 4.69) is 0 Å². The van der Waals surface area contributed by atoms with E-state index < -0.39 is 0 Å². The molecule has 0 aliphatic heterocycles. The van der Waals surface area contributed by atoms with Gasteiger partial charge in [0, 0.05) is 17.0 Å². The zero-order chi connectivity index (χ0) is 13.4. The molecule has 0 bridgehead atoms. The van der Waals surface area contributed by atoms with Crippen LogP contribution in [0.4, 0.5) is 4.39 Å². The summed E-state index contributed by atoms with van der Waals surface area (Å²) in [6.45, 7) is 0.360. The lowest BCUT2D eigenvalue weighted by Gasteiger charge is -2.02. The Kier molecular flexibility index (Phi) is 3.01. The summed E-state index contributed by atoms with van der Waals surface area (Å²) in [5.41, 5.74) is 7.52. The van der Waals surface area contributed by atoms with E-state index in [0.717, 1.165) is 10.9 Å². The van der Waals surface area contributed by atoms with Crippen molar-refractivity contribution in [2.75, 3.05) is 0 Å². The van der Waals surface area contributed by atoms with Crippen LogP contribution in [0, 0.1) is 5.82 Å². The van der Waals surface area contributed by atoms with Gasteiger partial charge in [-0.1, -0.05) is 17.7 Å². The molecule has 4 heteroatoms. The first-order valence-electron chi connectivity index (χ1n) is 5.85. The van der Waals surface area contributed by atoms with Crippen LogP contribution < -0.4 is 5.73 Å². The molecular formula is C15H11ClFNO. The molecule has 0 unspecified atom stereocenters. The summed E-state index contributed by atoms with van der Waals surface area (Å²) in [5, 5.41) is 1.47. The number of benzene rings is 2. The van der Waals surface area contributed by atoms with Crippen molar-refractivity contribution < 1.29 is 8.81 Å². The molecule has 2 nitrogen and oxygen atoms in total. The van der Waals surface area contributed by atoms with E-state index in [0.29, 0.717) is 28.5 Å². The molecule has 1 heterocycles. The van der Waals surface area contributed by atoms with Crippen LogP contribution in [0.1, 0.15) is 5.56 Å². The molecule has 0 saturated carbocycles. The van der Waals surface area contributed by atoms with Gasteiger partial charge in [-0.3, -0.25) is 0 Å². The molecule has 0 radical (unpaired) electrons. The number of fused-ring (bicyclic) bond motifs is 1. The number of nitrogens with two attached hydrogens (primary N) is 1. The molecule has 3 aromatic rings. The first-order valence-corrected chi connectivity index (χ1v) is 6.23. The molecule has 2 N–H and O–H groups in total. The van der Waals surface area contributed by atoms with Gasteiger partial charge in [0.15, 0.2) is 0 Å². The molecule has 0 aliphatic rings. The van der Waals surface area contributed by atoms with E-state index in [4.69, 9.17) is 21.8 Å². The van der Waals surface area contributed by atoms with Crippen molar-refractivity contribution in [1.82, 2.24) is 0 Å². The normalized spacial score (nSPS) is 11.1. The van der Waals surface area contributed by atoms with Gasteiger partial charge in [-0.05, 0) is 42.0 Å². The van der Waals surface area contributed by atoms with Crippen LogP contribution in [0.25, 0.3) is 22.3 Å². The Labute approximate surface area is 114 Å². The molecule has 2 aromatic carbocycles. The maximum atomic E-state index is 13.9. The Morgan fingerprint density at radius 3 is 2.74 bits per heavy atom. The fraction of sp³-hybridized carbons (Fsp3) is 0.0667. The highest BCUT2D eigenvalue weighted by Crippen LogP contribution is 2.31. The minimum Gasteiger partial charge on any atom is -0.456 e. The fourth-order valence-electron chi connectivity index (χ4n) is 2.04. The van der Waals surface area contributed by atoms with Gasteiger partial charge < -0.3 is 10.2 Å².